The number of amides is 1. The maximum atomic E-state index is 12.0. The summed E-state index contributed by atoms with van der Waals surface area (Å²) in [5.41, 5.74) is 5.36. The zero-order valence-corrected chi connectivity index (χ0v) is 10.8. The van der Waals surface area contributed by atoms with Crippen LogP contribution in [0.5, 0.6) is 0 Å². The average molecular weight is 251 g/mol. The highest BCUT2D eigenvalue weighted by Crippen LogP contribution is 2.27. The molecule has 5 nitrogen and oxygen atoms in total. The van der Waals surface area contributed by atoms with Crippen LogP contribution in [-0.4, -0.2) is 16.9 Å². The Hall–Kier alpha value is -1.52. The second-order valence-corrected chi connectivity index (χ2v) is 4.95. The number of nitrogens with zero attached hydrogens (tertiary/aromatic N) is 1. The van der Waals surface area contributed by atoms with E-state index >= 15 is 0 Å². The number of nitrogens with one attached hydrogen (secondary N) is 1. The SMILES string of the molecule is CCC(NC(=O)c1cnc(N)o1)C1CCCCC1. The summed E-state index contributed by atoms with van der Waals surface area (Å²) < 4.78 is 5.03. The molecule has 0 spiro atoms. The van der Waals surface area contributed by atoms with Crippen LogP contribution in [0.3, 0.4) is 0 Å². The zero-order chi connectivity index (χ0) is 13.0. The van der Waals surface area contributed by atoms with Gasteiger partial charge in [-0.1, -0.05) is 26.2 Å². The summed E-state index contributed by atoms with van der Waals surface area (Å²) in [5.74, 6) is 0.575. The third kappa shape index (κ3) is 3.03. The molecule has 1 atom stereocenters. The van der Waals surface area contributed by atoms with Crippen molar-refractivity contribution >= 4 is 11.9 Å². The fourth-order valence-electron chi connectivity index (χ4n) is 2.72. The van der Waals surface area contributed by atoms with E-state index in [0.29, 0.717) is 5.92 Å². The lowest BCUT2D eigenvalue weighted by Gasteiger charge is -2.29. The molecule has 1 amide bonds. The minimum Gasteiger partial charge on any atom is -0.418 e. The highest BCUT2D eigenvalue weighted by atomic mass is 16.4. The Morgan fingerprint density at radius 1 is 1.56 bits per heavy atom. The molecule has 1 aromatic heterocycles. The van der Waals surface area contributed by atoms with E-state index in [2.05, 4.69) is 17.2 Å². The average Bonchev–Trinajstić information content (AvgIpc) is 2.83. The minimum atomic E-state index is -0.211. The number of hydrogen-bond donors (Lipinski definition) is 2. The van der Waals surface area contributed by atoms with Crippen molar-refractivity contribution in [3.05, 3.63) is 12.0 Å². The summed E-state index contributed by atoms with van der Waals surface area (Å²) in [6, 6.07) is 0.259. The van der Waals surface area contributed by atoms with Crippen molar-refractivity contribution in [1.29, 1.82) is 0 Å². The fourth-order valence-corrected chi connectivity index (χ4v) is 2.72. The van der Waals surface area contributed by atoms with Crippen LogP contribution in [0.1, 0.15) is 56.0 Å². The van der Waals surface area contributed by atoms with Crippen molar-refractivity contribution in [2.24, 2.45) is 5.92 Å². The number of carbonyl (C=O) groups is 1. The lowest BCUT2D eigenvalue weighted by Crippen LogP contribution is -2.40. The molecule has 1 saturated carbocycles. The Balaban J connectivity index is 1.95. The Bertz CT molecular complexity index is 397. The molecule has 1 fully saturated rings. The van der Waals surface area contributed by atoms with Crippen LogP contribution < -0.4 is 11.1 Å². The molecule has 1 unspecified atom stereocenters. The summed E-state index contributed by atoms with van der Waals surface area (Å²) in [5, 5.41) is 3.04. The Kier molecular flexibility index (Phi) is 4.23. The van der Waals surface area contributed by atoms with Gasteiger partial charge in [0.2, 0.25) is 5.76 Å². The van der Waals surface area contributed by atoms with Gasteiger partial charge >= 0.3 is 0 Å². The molecule has 0 radical (unpaired) electrons. The first-order valence-electron chi connectivity index (χ1n) is 6.73. The van der Waals surface area contributed by atoms with Gasteiger partial charge in [0.15, 0.2) is 0 Å². The first-order chi connectivity index (χ1) is 8.70. The van der Waals surface area contributed by atoms with Crippen LogP contribution in [0.2, 0.25) is 0 Å². The smallest absolute Gasteiger partial charge is 0.292 e. The van der Waals surface area contributed by atoms with E-state index in [4.69, 9.17) is 10.2 Å². The molecule has 0 bridgehead atoms. The second kappa shape index (κ2) is 5.89. The molecule has 0 aliphatic heterocycles. The standard InChI is InChI=1S/C13H21N3O2/c1-2-10(9-6-4-3-5-7-9)16-12(17)11-8-15-13(14)18-11/h8-10H,2-7H2,1H3,(H2,14,15)(H,16,17). The van der Waals surface area contributed by atoms with Crippen molar-refractivity contribution < 1.29 is 9.21 Å². The second-order valence-electron chi connectivity index (χ2n) is 4.95. The first-order valence-corrected chi connectivity index (χ1v) is 6.73. The summed E-state index contributed by atoms with van der Waals surface area (Å²) in [7, 11) is 0. The van der Waals surface area contributed by atoms with Gasteiger partial charge < -0.3 is 15.5 Å². The molecule has 18 heavy (non-hydrogen) atoms. The summed E-state index contributed by atoms with van der Waals surface area (Å²) in [6.45, 7) is 2.11. The number of nitrogens with two attached hydrogens (primary N) is 1. The van der Waals surface area contributed by atoms with Gasteiger partial charge in [0.25, 0.3) is 11.9 Å². The zero-order valence-electron chi connectivity index (χ0n) is 10.8. The molecule has 1 aromatic rings. The van der Waals surface area contributed by atoms with E-state index in [0.717, 1.165) is 6.42 Å². The molecule has 3 N–H and O–H groups in total. The third-order valence-corrected chi connectivity index (χ3v) is 3.72. The van der Waals surface area contributed by atoms with Crippen LogP contribution >= 0.6 is 0 Å². The molecular weight excluding hydrogens is 230 g/mol. The maximum absolute atomic E-state index is 12.0. The van der Waals surface area contributed by atoms with Crippen molar-refractivity contribution in [2.75, 3.05) is 5.73 Å². The van der Waals surface area contributed by atoms with Crippen molar-refractivity contribution in [2.45, 2.75) is 51.5 Å². The van der Waals surface area contributed by atoms with Crippen LogP contribution in [0, 0.1) is 5.92 Å². The molecule has 1 aliphatic rings. The molecule has 2 rings (SSSR count). The largest absolute Gasteiger partial charge is 0.418 e. The molecular formula is C13H21N3O2. The number of anilines is 1. The summed E-state index contributed by atoms with van der Waals surface area (Å²) >= 11 is 0. The summed E-state index contributed by atoms with van der Waals surface area (Å²) in [4.78, 5) is 15.7. The number of hydrogen-bond acceptors (Lipinski definition) is 4. The number of oxazole rings is 1. The Morgan fingerprint density at radius 2 is 2.28 bits per heavy atom. The van der Waals surface area contributed by atoms with Gasteiger partial charge in [0.1, 0.15) is 0 Å². The lowest BCUT2D eigenvalue weighted by molar-refractivity contribution is 0.0884. The van der Waals surface area contributed by atoms with E-state index in [-0.39, 0.29) is 23.7 Å². The highest BCUT2D eigenvalue weighted by Gasteiger charge is 2.25. The van der Waals surface area contributed by atoms with E-state index in [9.17, 15) is 4.79 Å². The maximum Gasteiger partial charge on any atom is 0.292 e. The Morgan fingerprint density at radius 3 is 2.83 bits per heavy atom. The lowest BCUT2D eigenvalue weighted by atomic mass is 9.83. The van der Waals surface area contributed by atoms with Crippen molar-refractivity contribution in [3.63, 3.8) is 0 Å². The van der Waals surface area contributed by atoms with Gasteiger partial charge in [-0.3, -0.25) is 4.79 Å². The number of carbonyl (C=O) groups excluding carboxylic acids is 1. The van der Waals surface area contributed by atoms with Gasteiger partial charge in [0, 0.05) is 6.04 Å². The normalized spacial score (nSPS) is 18.5. The number of aromatic nitrogens is 1. The molecule has 5 heteroatoms. The summed E-state index contributed by atoms with van der Waals surface area (Å²) in [6.07, 6.45) is 8.59. The molecule has 0 saturated heterocycles. The van der Waals surface area contributed by atoms with Gasteiger partial charge in [-0.2, -0.15) is 0 Å². The van der Waals surface area contributed by atoms with E-state index in [1.165, 1.54) is 38.3 Å². The van der Waals surface area contributed by atoms with E-state index in [1.807, 2.05) is 0 Å². The van der Waals surface area contributed by atoms with Crippen LogP contribution in [0.4, 0.5) is 6.01 Å². The van der Waals surface area contributed by atoms with E-state index in [1.54, 1.807) is 0 Å². The number of nitrogen functional groups attached to an aromatic ring is 1. The van der Waals surface area contributed by atoms with Crippen LogP contribution in [0.15, 0.2) is 10.6 Å². The molecule has 1 heterocycles. The predicted molar refractivity (Wildman–Crippen MR) is 69.0 cm³/mol. The van der Waals surface area contributed by atoms with Gasteiger partial charge in [-0.25, -0.2) is 4.98 Å². The van der Waals surface area contributed by atoms with Crippen molar-refractivity contribution in [3.8, 4) is 0 Å². The predicted octanol–water partition coefficient (Wildman–Crippen LogP) is 2.35. The molecule has 0 aromatic carbocycles. The first kappa shape index (κ1) is 12.9. The fraction of sp³-hybridized carbons (Fsp3) is 0.692. The highest BCUT2D eigenvalue weighted by molar-refractivity contribution is 5.91. The monoisotopic (exact) mass is 251 g/mol. The minimum absolute atomic E-state index is 0.0332. The quantitative estimate of drug-likeness (QED) is 0.860. The number of rotatable bonds is 4. The van der Waals surface area contributed by atoms with Gasteiger partial charge in [-0.15, -0.1) is 0 Å². The van der Waals surface area contributed by atoms with Gasteiger partial charge in [-0.05, 0) is 25.2 Å². The molecule has 100 valence electrons. The third-order valence-electron chi connectivity index (χ3n) is 3.72. The Labute approximate surface area is 107 Å². The topological polar surface area (TPSA) is 81.2 Å². The van der Waals surface area contributed by atoms with Crippen LogP contribution in [-0.2, 0) is 0 Å². The van der Waals surface area contributed by atoms with E-state index < -0.39 is 0 Å². The molecule has 1 aliphatic carbocycles. The van der Waals surface area contributed by atoms with Gasteiger partial charge in [0.05, 0.1) is 6.20 Å². The van der Waals surface area contributed by atoms with Crippen LogP contribution in [0.25, 0.3) is 0 Å². The van der Waals surface area contributed by atoms with Crippen molar-refractivity contribution in [1.82, 2.24) is 10.3 Å².